The number of para-hydroxylation sites is 1. The molecule has 1 saturated carbocycles. The van der Waals surface area contributed by atoms with Crippen LogP contribution in [0.1, 0.15) is 38.2 Å². The van der Waals surface area contributed by atoms with Gasteiger partial charge in [0.05, 0.1) is 0 Å². The predicted molar refractivity (Wildman–Crippen MR) is 78.3 cm³/mol. The van der Waals surface area contributed by atoms with E-state index in [-0.39, 0.29) is 5.78 Å². The van der Waals surface area contributed by atoms with Gasteiger partial charge in [0.1, 0.15) is 5.78 Å². The van der Waals surface area contributed by atoms with Crippen LogP contribution in [0, 0.1) is 5.92 Å². The molecule has 0 radical (unpaired) electrons. The quantitative estimate of drug-likeness (QED) is 0.810. The van der Waals surface area contributed by atoms with Crippen LogP contribution in [0.15, 0.2) is 30.5 Å². The highest BCUT2D eigenvalue weighted by Gasteiger charge is 2.17. The standard InChI is InChI=1S/C17H21NO/c1-13(19)10-15-12-18(11-14-6-2-3-7-14)17-9-5-4-8-16(15)17/h4-5,8-9,12,14H,2-3,6-7,10-11H2,1H3. The monoisotopic (exact) mass is 255 g/mol. The van der Waals surface area contributed by atoms with Gasteiger partial charge >= 0.3 is 0 Å². The van der Waals surface area contributed by atoms with Gasteiger partial charge in [0, 0.05) is 30.1 Å². The number of rotatable bonds is 4. The first-order chi connectivity index (χ1) is 9.24. The molecule has 2 heteroatoms. The van der Waals surface area contributed by atoms with Gasteiger partial charge in [-0.15, -0.1) is 0 Å². The molecule has 0 amide bonds. The molecule has 1 heterocycles. The number of aromatic nitrogens is 1. The summed E-state index contributed by atoms with van der Waals surface area (Å²) < 4.78 is 2.36. The van der Waals surface area contributed by atoms with Crippen molar-refractivity contribution in [3.05, 3.63) is 36.0 Å². The molecule has 1 aromatic carbocycles. The Kier molecular flexibility index (Phi) is 3.41. The molecule has 19 heavy (non-hydrogen) atoms. The normalized spacial score (nSPS) is 16.3. The highest BCUT2D eigenvalue weighted by Crippen LogP contribution is 2.29. The third kappa shape index (κ3) is 2.58. The van der Waals surface area contributed by atoms with E-state index in [1.807, 2.05) is 0 Å². The van der Waals surface area contributed by atoms with Crippen molar-refractivity contribution in [1.29, 1.82) is 0 Å². The Bertz CT molecular complexity index is 590. The molecule has 0 aliphatic heterocycles. The molecule has 100 valence electrons. The predicted octanol–water partition coefficient (Wildman–Crippen LogP) is 3.96. The lowest BCUT2D eigenvalue weighted by Crippen LogP contribution is -2.06. The maximum atomic E-state index is 11.4. The maximum Gasteiger partial charge on any atom is 0.134 e. The topological polar surface area (TPSA) is 22.0 Å². The lowest BCUT2D eigenvalue weighted by atomic mass is 10.1. The lowest BCUT2D eigenvalue weighted by molar-refractivity contribution is -0.116. The van der Waals surface area contributed by atoms with Crippen molar-refractivity contribution in [2.24, 2.45) is 5.92 Å². The summed E-state index contributed by atoms with van der Waals surface area (Å²) in [4.78, 5) is 11.4. The molecule has 0 saturated heterocycles. The Hall–Kier alpha value is -1.57. The molecule has 0 N–H and O–H groups in total. The SMILES string of the molecule is CC(=O)Cc1cn(CC2CCCC2)c2ccccc12. The summed E-state index contributed by atoms with van der Waals surface area (Å²) in [5.41, 5.74) is 2.46. The average Bonchev–Trinajstić information content (AvgIpc) is 2.99. The van der Waals surface area contributed by atoms with Gasteiger partial charge in [0.2, 0.25) is 0 Å². The van der Waals surface area contributed by atoms with E-state index in [1.165, 1.54) is 42.1 Å². The van der Waals surface area contributed by atoms with Crippen molar-refractivity contribution in [2.45, 2.75) is 45.6 Å². The Morgan fingerprint density at radius 1 is 1.26 bits per heavy atom. The van der Waals surface area contributed by atoms with Crippen LogP contribution in [-0.2, 0) is 17.8 Å². The summed E-state index contributed by atoms with van der Waals surface area (Å²) in [5, 5.41) is 1.25. The molecule has 2 nitrogen and oxygen atoms in total. The van der Waals surface area contributed by atoms with Crippen LogP contribution < -0.4 is 0 Å². The van der Waals surface area contributed by atoms with Gasteiger partial charge in [0.15, 0.2) is 0 Å². The van der Waals surface area contributed by atoms with Crippen LogP contribution in [0.5, 0.6) is 0 Å². The number of fused-ring (bicyclic) bond motifs is 1. The highest BCUT2D eigenvalue weighted by atomic mass is 16.1. The molecule has 0 bridgehead atoms. The van der Waals surface area contributed by atoms with Gasteiger partial charge in [-0.1, -0.05) is 31.0 Å². The summed E-state index contributed by atoms with van der Waals surface area (Å²) in [6.07, 6.45) is 8.22. The van der Waals surface area contributed by atoms with Crippen molar-refractivity contribution in [2.75, 3.05) is 0 Å². The first-order valence-corrected chi connectivity index (χ1v) is 7.30. The van der Waals surface area contributed by atoms with Crippen LogP contribution in [0.2, 0.25) is 0 Å². The Labute approximate surface area is 114 Å². The fraction of sp³-hybridized carbons (Fsp3) is 0.471. The van der Waals surface area contributed by atoms with Crippen molar-refractivity contribution in [3.63, 3.8) is 0 Å². The lowest BCUT2D eigenvalue weighted by Gasteiger charge is -2.11. The van der Waals surface area contributed by atoms with Crippen molar-refractivity contribution >= 4 is 16.7 Å². The van der Waals surface area contributed by atoms with Crippen molar-refractivity contribution in [1.82, 2.24) is 4.57 Å². The molecule has 0 spiro atoms. The number of carbonyl (C=O) groups excluding carboxylic acids is 1. The Morgan fingerprint density at radius 3 is 2.74 bits per heavy atom. The van der Waals surface area contributed by atoms with Gasteiger partial charge in [-0.05, 0) is 37.3 Å². The van der Waals surface area contributed by atoms with E-state index in [9.17, 15) is 4.79 Å². The van der Waals surface area contributed by atoms with Gasteiger partial charge in [-0.3, -0.25) is 4.79 Å². The van der Waals surface area contributed by atoms with Gasteiger partial charge < -0.3 is 4.57 Å². The number of hydrogen-bond donors (Lipinski definition) is 0. The number of hydrogen-bond acceptors (Lipinski definition) is 1. The van der Waals surface area contributed by atoms with Crippen molar-refractivity contribution in [3.8, 4) is 0 Å². The first kappa shape index (κ1) is 12.5. The second-order valence-electron chi connectivity index (χ2n) is 5.85. The molecule has 0 atom stereocenters. The number of benzene rings is 1. The minimum absolute atomic E-state index is 0.240. The minimum Gasteiger partial charge on any atom is -0.347 e. The molecule has 0 unspecified atom stereocenters. The Morgan fingerprint density at radius 2 is 2.00 bits per heavy atom. The number of Topliss-reactive ketones (excluding diaryl/α,β-unsaturated/α-hetero) is 1. The zero-order valence-corrected chi connectivity index (χ0v) is 11.6. The second-order valence-corrected chi connectivity index (χ2v) is 5.85. The van der Waals surface area contributed by atoms with E-state index in [4.69, 9.17) is 0 Å². The Balaban J connectivity index is 1.96. The zero-order chi connectivity index (χ0) is 13.2. The van der Waals surface area contributed by atoms with E-state index in [0.717, 1.165) is 12.5 Å². The molecular formula is C17H21NO. The molecule has 1 aliphatic rings. The van der Waals surface area contributed by atoms with E-state index in [2.05, 4.69) is 35.0 Å². The summed E-state index contributed by atoms with van der Waals surface area (Å²) in [7, 11) is 0. The minimum atomic E-state index is 0.240. The first-order valence-electron chi connectivity index (χ1n) is 7.30. The smallest absolute Gasteiger partial charge is 0.134 e. The summed E-state index contributed by atoms with van der Waals surface area (Å²) in [6.45, 7) is 2.78. The van der Waals surface area contributed by atoms with E-state index in [1.54, 1.807) is 6.92 Å². The molecule has 2 aromatic rings. The van der Waals surface area contributed by atoms with Crippen LogP contribution in [0.25, 0.3) is 10.9 Å². The molecular weight excluding hydrogens is 234 g/mol. The van der Waals surface area contributed by atoms with Gasteiger partial charge in [-0.25, -0.2) is 0 Å². The number of carbonyl (C=O) groups is 1. The van der Waals surface area contributed by atoms with E-state index in [0.29, 0.717) is 6.42 Å². The van der Waals surface area contributed by atoms with E-state index >= 15 is 0 Å². The number of ketones is 1. The van der Waals surface area contributed by atoms with Gasteiger partial charge in [0.25, 0.3) is 0 Å². The highest BCUT2D eigenvalue weighted by molar-refractivity contribution is 5.89. The van der Waals surface area contributed by atoms with Crippen LogP contribution in [0.4, 0.5) is 0 Å². The zero-order valence-electron chi connectivity index (χ0n) is 11.6. The maximum absolute atomic E-state index is 11.4. The largest absolute Gasteiger partial charge is 0.347 e. The summed E-state index contributed by atoms with van der Waals surface area (Å²) in [6, 6.07) is 8.46. The second kappa shape index (κ2) is 5.20. The summed E-state index contributed by atoms with van der Waals surface area (Å²) >= 11 is 0. The van der Waals surface area contributed by atoms with Crippen LogP contribution in [0.3, 0.4) is 0 Å². The molecule has 3 rings (SSSR count). The molecule has 1 aliphatic carbocycles. The third-order valence-electron chi connectivity index (χ3n) is 4.24. The molecule has 1 fully saturated rings. The number of nitrogens with zero attached hydrogens (tertiary/aromatic N) is 1. The van der Waals surface area contributed by atoms with Crippen LogP contribution >= 0.6 is 0 Å². The fourth-order valence-electron chi connectivity index (χ4n) is 3.35. The summed E-state index contributed by atoms with van der Waals surface area (Å²) in [5.74, 6) is 1.06. The van der Waals surface area contributed by atoms with Crippen LogP contribution in [-0.4, -0.2) is 10.4 Å². The molecule has 1 aromatic heterocycles. The van der Waals surface area contributed by atoms with E-state index < -0.39 is 0 Å². The third-order valence-corrected chi connectivity index (χ3v) is 4.24. The fourth-order valence-corrected chi connectivity index (χ4v) is 3.35. The average molecular weight is 255 g/mol. The van der Waals surface area contributed by atoms with Gasteiger partial charge in [-0.2, -0.15) is 0 Å². The van der Waals surface area contributed by atoms with Crippen molar-refractivity contribution < 1.29 is 4.79 Å².